The van der Waals surface area contributed by atoms with Gasteiger partial charge in [0.15, 0.2) is 0 Å². The molecular formula is C8H13O3P. The normalized spacial score (nSPS) is 15.8. The van der Waals surface area contributed by atoms with Crippen LogP contribution in [0.3, 0.4) is 0 Å². The fourth-order valence-electron chi connectivity index (χ4n) is 0.425. The predicted molar refractivity (Wildman–Crippen MR) is 49.1 cm³/mol. The minimum absolute atomic E-state index is 0.297. The third kappa shape index (κ3) is 6.18. The third-order valence-electron chi connectivity index (χ3n) is 1.04. The largest absolute Gasteiger partial charge is 0.320 e. The van der Waals surface area contributed by atoms with Crippen LogP contribution in [0.25, 0.3) is 0 Å². The summed E-state index contributed by atoms with van der Waals surface area (Å²) < 4.78 is 20.5. The standard InChI is InChI=1S/C8H13O3P/c1-4-6-7-10-12(9)11-8(3)5-2/h2,4,6,8,12H,7H2,1,3H3. The van der Waals surface area contributed by atoms with Crippen LogP contribution < -0.4 is 0 Å². The smallest absolute Gasteiger partial charge is 0.306 e. The Balaban J connectivity index is 3.54. The zero-order chi connectivity index (χ0) is 9.40. The molecule has 0 spiro atoms. The second-order valence-corrected chi connectivity index (χ2v) is 3.08. The van der Waals surface area contributed by atoms with Gasteiger partial charge >= 0.3 is 8.25 Å². The van der Waals surface area contributed by atoms with Gasteiger partial charge in [0, 0.05) is 0 Å². The maximum Gasteiger partial charge on any atom is 0.320 e. The first-order chi connectivity index (χ1) is 5.70. The van der Waals surface area contributed by atoms with Crippen LogP contribution in [0.2, 0.25) is 0 Å². The number of terminal acetylenes is 1. The van der Waals surface area contributed by atoms with Crippen molar-refractivity contribution < 1.29 is 13.6 Å². The summed E-state index contributed by atoms with van der Waals surface area (Å²) in [6, 6.07) is 0. The van der Waals surface area contributed by atoms with Gasteiger partial charge in [-0.3, -0.25) is 9.09 Å². The Labute approximate surface area is 73.7 Å². The number of hydrogen-bond acceptors (Lipinski definition) is 3. The van der Waals surface area contributed by atoms with E-state index in [1.54, 1.807) is 19.1 Å². The third-order valence-corrected chi connectivity index (χ3v) is 1.99. The molecule has 0 aromatic carbocycles. The van der Waals surface area contributed by atoms with Crippen molar-refractivity contribution in [3.8, 4) is 12.3 Å². The molecule has 0 fully saturated rings. The van der Waals surface area contributed by atoms with Gasteiger partial charge in [-0.2, -0.15) is 0 Å². The molecule has 4 heteroatoms. The average Bonchev–Trinajstić information content (AvgIpc) is 2.05. The highest BCUT2D eigenvalue weighted by Crippen LogP contribution is 2.25. The first-order valence-corrected chi connectivity index (χ1v) is 4.84. The SMILES string of the molecule is C#CC(C)O[PH](=O)OCC=CC. The number of allylic oxidation sites excluding steroid dienone is 1. The average molecular weight is 188 g/mol. The molecule has 3 nitrogen and oxygen atoms in total. The van der Waals surface area contributed by atoms with Gasteiger partial charge in [-0.05, 0) is 13.8 Å². The molecule has 0 saturated heterocycles. The van der Waals surface area contributed by atoms with Gasteiger partial charge in [0.05, 0.1) is 6.61 Å². The van der Waals surface area contributed by atoms with E-state index in [9.17, 15) is 4.57 Å². The first-order valence-electron chi connectivity index (χ1n) is 3.61. The molecule has 12 heavy (non-hydrogen) atoms. The molecule has 0 bridgehead atoms. The van der Waals surface area contributed by atoms with Crippen LogP contribution in [0, 0.1) is 12.3 Å². The van der Waals surface area contributed by atoms with Crippen molar-refractivity contribution in [3.63, 3.8) is 0 Å². The highest BCUT2D eigenvalue weighted by molar-refractivity contribution is 7.33. The molecule has 0 radical (unpaired) electrons. The Bertz CT molecular complexity index is 205. The molecule has 0 aliphatic carbocycles. The minimum atomic E-state index is -2.42. The molecule has 0 heterocycles. The Hall–Kier alpha value is -0.550. The van der Waals surface area contributed by atoms with E-state index in [1.165, 1.54) is 0 Å². The lowest BCUT2D eigenvalue weighted by molar-refractivity contribution is 0.220. The highest BCUT2D eigenvalue weighted by Gasteiger charge is 2.02. The van der Waals surface area contributed by atoms with Crippen molar-refractivity contribution in [2.24, 2.45) is 0 Å². The Morgan fingerprint density at radius 2 is 2.42 bits per heavy atom. The molecule has 2 unspecified atom stereocenters. The van der Waals surface area contributed by atoms with Gasteiger partial charge in [-0.1, -0.05) is 18.1 Å². The lowest BCUT2D eigenvalue weighted by atomic mass is 10.4. The zero-order valence-corrected chi connectivity index (χ0v) is 8.24. The van der Waals surface area contributed by atoms with Crippen molar-refractivity contribution in [2.45, 2.75) is 20.0 Å². The van der Waals surface area contributed by atoms with Gasteiger partial charge in [-0.15, -0.1) is 6.42 Å². The maximum atomic E-state index is 10.9. The Morgan fingerprint density at radius 1 is 1.75 bits per heavy atom. The monoisotopic (exact) mass is 188 g/mol. The van der Waals surface area contributed by atoms with Gasteiger partial charge in [0.25, 0.3) is 0 Å². The first kappa shape index (κ1) is 11.4. The number of rotatable bonds is 5. The van der Waals surface area contributed by atoms with Crippen LogP contribution in [-0.4, -0.2) is 12.7 Å². The molecule has 0 saturated carbocycles. The van der Waals surface area contributed by atoms with Crippen LogP contribution in [0.15, 0.2) is 12.2 Å². The second kappa shape index (κ2) is 7.12. The van der Waals surface area contributed by atoms with Crippen molar-refractivity contribution in [2.75, 3.05) is 6.61 Å². The van der Waals surface area contributed by atoms with Crippen LogP contribution >= 0.6 is 8.25 Å². The molecule has 68 valence electrons. The fourth-order valence-corrected chi connectivity index (χ4v) is 1.08. The lowest BCUT2D eigenvalue weighted by Gasteiger charge is -2.05. The van der Waals surface area contributed by atoms with E-state index < -0.39 is 14.4 Å². The van der Waals surface area contributed by atoms with E-state index in [1.807, 2.05) is 6.92 Å². The van der Waals surface area contributed by atoms with Crippen molar-refractivity contribution in [1.82, 2.24) is 0 Å². The van der Waals surface area contributed by atoms with Crippen LogP contribution in [0.5, 0.6) is 0 Å². The molecule has 0 aliphatic rings. The molecule has 0 aromatic rings. The van der Waals surface area contributed by atoms with Gasteiger partial charge in [-0.25, -0.2) is 0 Å². The van der Waals surface area contributed by atoms with E-state index >= 15 is 0 Å². The zero-order valence-electron chi connectivity index (χ0n) is 7.24. The van der Waals surface area contributed by atoms with Gasteiger partial charge in [0.2, 0.25) is 0 Å². The summed E-state index contributed by atoms with van der Waals surface area (Å²) in [6.07, 6.45) is 8.10. The van der Waals surface area contributed by atoms with E-state index in [0.717, 1.165) is 0 Å². The summed E-state index contributed by atoms with van der Waals surface area (Å²) in [5, 5.41) is 0. The maximum absolute atomic E-state index is 10.9. The van der Waals surface area contributed by atoms with Crippen LogP contribution in [0.4, 0.5) is 0 Å². The summed E-state index contributed by atoms with van der Waals surface area (Å²) in [6.45, 7) is 3.79. The summed E-state index contributed by atoms with van der Waals surface area (Å²) in [5.74, 6) is 2.29. The second-order valence-electron chi connectivity index (χ2n) is 2.06. The summed E-state index contributed by atoms with van der Waals surface area (Å²) in [7, 11) is -2.42. The lowest BCUT2D eigenvalue weighted by Crippen LogP contribution is -1.98. The topological polar surface area (TPSA) is 35.5 Å². The van der Waals surface area contributed by atoms with Crippen LogP contribution in [-0.2, 0) is 13.6 Å². The van der Waals surface area contributed by atoms with E-state index in [-0.39, 0.29) is 0 Å². The number of hydrogen-bond donors (Lipinski definition) is 0. The Kier molecular flexibility index (Phi) is 6.79. The van der Waals surface area contributed by atoms with E-state index in [4.69, 9.17) is 15.5 Å². The quantitative estimate of drug-likeness (QED) is 0.376. The summed E-state index contributed by atoms with van der Waals surface area (Å²) >= 11 is 0. The minimum Gasteiger partial charge on any atom is -0.306 e. The van der Waals surface area contributed by atoms with Crippen molar-refractivity contribution in [1.29, 1.82) is 0 Å². The van der Waals surface area contributed by atoms with Crippen LogP contribution in [0.1, 0.15) is 13.8 Å². The van der Waals surface area contributed by atoms with Crippen molar-refractivity contribution in [3.05, 3.63) is 12.2 Å². The Morgan fingerprint density at radius 3 is 2.92 bits per heavy atom. The van der Waals surface area contributed by atoms with E-state index in [2.05, 4.69) is 5.92 Å². The molecule has 0 aliphatic heterocycles. The highest BCUT2D eigenvalue weighted by atomic mass is 31.1. The molecule has 0 rings (SSSR count). The summed E-state index contributed by atoms with van der Waals surface area (Å²) in [4.78, 5) is 0. The molecule has 0 aromatic heterocycles. The molecule has 2 atom stereocenters. The summed E-state index contributed by atoms with van der Waals surface area (Å²) in [5.41, 5.74) is 0. The molecule has 0 amide bonds. The molecular weight excluding hydrogens is 175 g/mol. The van der Waals surface area contributed by atoms with Gasteiger partial charge < -0.3 is 4.52 Å². The predicted octanol–water partition coefficient (Wildman–Crippen LogP) is 2.01. The van der Waals surface area contributed by atoms with Crippen molar-refractivity contribution >= 4 is 8.25 Å². The fraction of sp³-hybridized carbons (Fsp3) is 0.500. The van der Waals surface area contributed by atoms with Gasteiger partial charge in [0.1, 0.15) is 6.10 Å². The molecule has 0 N–H and O–H groups in total. The van der Waals surface area contributed by atoms with E-state index in [0.29, 0.717) is 6.61 Å².